The van der Waals surface area contributed by atoms with E-state index in [1.54, 1.807) is 0 Å². The van der Waals surface area contributed by atoms with Crippen LogP contribution in [-0.2, 0) is 0 Å². The minimum Gasteiger partial charge on any atom is -0.506 e. The van der Waals surface area contributed by atoms with Crippen molar-refractivity contribution in [1.82, 2.24) is 4.90 Å². The first kappa shape index (κ1) is 14.2. The largest absolute Gasteiger partial charge is 0.506 e. The van der Waals surface area contributed by atoms with Crippen LogP contribution in [0.3, 0.4) is 0 Å². The van der Waals surface area contributed by atoms with Gasteiger partial charge in [-0.05, 0) is 38.0 Å². The van der Waals surface area contributed by atoms with Gasteiger partial charge in [0.1, 0.15) is 5.84 Å². The SMILES string of the molecule is CCCCC1=NC(O)=C(O)CN1C1CCC(C)CC1. The van der Waals surface area contributed by atoms with Crippen LogP contribution in [0.5, 0.6) is 0 Å². The van der Waals surface area contributed by atoms with Crippen LogP contribution in [0, 0.1) is 5.92 Å². The zero-order valence-electron chi connectivity index (χ0n) is 12.1. The maximum absolute atomic E-state index is 9.75. The summed E-state index contributed by atoms with van der Waals surface area (Å²) in [6.07, 6.45) is 7.91. The van der Waals surface area contributed by atoms with Gasteiger partial charge in [-0.2, -0.15) is 4.99 Å². The molecule has 4 nitrogen and oxygen atoms in total. The van der Waals surface area contributed by atoms with Gasteiger partial charge < -0.3 is 15.1 Å². The third-order valence-corrected chi connectivity index (χ3v) is 4.32. The average Bonchev–Trinajstić information content (AvgIpc) is 2.41. The number of hydrogen-bond acceptors (Lipinski definition) is 4. The average molecular weight is 266 g/mol. The Morgan fingerprint density at radius 3 is 2.53 bits per heavy atom. The highest BCUT2D eigenvalue weighted by Gasteiger charge is 2.30. The van der Waals surface area contributed by atoms with E-state index in [2.05, 4.69) is 23.7 Å². The molecular weight excluding hydrogens is 240 g/mol. The van der Waals surface area contributed by atoms with E-state index in [4.69, 9.17) is 0 Å². The third-order valence-electron chi connectivity index (χ3n) is 4.32. The lowest BCUT2D eigenvalue weighted by molar-refractivity contribution is 0.185. The lowest BCUT2D eigenvalue weighted by Crippen LogP contribution is -2.45. The highest BCUT2D eigenvalue weighted by molar-refractivity contribution is 5.84. The van der Waals surface area contributed by atoms with Gasteiger partial charge in [0.25, 0.3) is 5.88 Å². The summed E-state index contributed by atoms with van der Waals surface area (Å²) >= 11 is 0. The number of amidine groups is 1. The second-order valence-electron chi connectivity index (χ2n) is 5.94. The standard InChI is InChI=1S/C15H26N2O2/c1-3-4-5-14-16-15(19)13(18)10-17(14)12-8-6-11(2)7-9-12/h11-12,18-19H,3-10H2,1-2H3. The second-order valence-corrected chi connectivity index (χ2v) is 5.94. The Kier molecular flexibility index (Phi) is 4.72. The van der Waals surface area contributed by atoms with E-state index < -0.39 is 0 Å². The van der Waals surface area contributed by atoms with Crippen molar-refractivity contribution in [2.45, 2.75) is 64.8 Å². The molecule has 2 N–H and O–H groups in total. The predicted molar refractivity (Wildman–Crippen MR) is 77.4 cm³/mol. The Labute approximate surface area is 115 Å². The molecule has 2 aliphatic rings. The van der Waals surface area contributed by atoms with E-state index in [0.717, 1.165) is 31.0 Å². The number of aliphatic imine (C=N–C) groups is 1. The first-order valence-corrected chi connectivity index (χ1v) is 7.57. The maximum atomic E-state index is 9.75. The van der Waals surface area contributed by atoms with Gasteiger partial charge in [-0.15, -0.1) is 0 Å². The van der Waals surface area contributed by atoms with Crippen molar-refractivity contribution >= 4 is 5.84 Å². The fourth-order valence-electron chi connectivity index (χ4n) is 3.00. The fourth-order valence-corrected chi connectivity index (χ4v) is 3.00. The molecule has 1 aliphatic heterocycles. The van der Waals surface area contributed by atoms with Crippen LogP contribution in [-0.4, -0.2) is 33.5 Å². The number of unbranched alkanes of at least 4 members (excludes halogenated alkanes) is 1. The Hall–Kier alpha value is -1.19. The number of aliphatic hydroxyl groups is 2. The molecule has 4 heteroatoms. The van der Waals surface area contributed by atoms with E-state index in [1.807, 2.05) is 0 Å². The molecule has 0 aromatic rings. The van der Waals surface area contributed by atoms with Crippen LogP contribution < -0.4 is 0 Å². The first-order chi connectivity index (χ1) is 9.11. The highest BCUT2D eigenvalue weighted by Crippen LogP contribution is 2.30. The second kappa shape index (κ2) is 6.31. The first-order valence-electron chi connectivity index (χ1n) is 7.57. The minimum absolute atomic E-state index is 0.0128. The van der Waals surface area contributed by atoms with E-state index in [0.29, 0.717) is 12.6 Å². The summed E-state index contributed by atoms with van der Waals surface area (Å²) in [5.74, 6) is 1.59. The summed E-state index contributed by atoms with van der Waals surface area (Å²) < 4.78 is 0. The number of hydrogen-bond donors (Lipinski definition) is 2. The van der Waals surface area contributed by atoms with Crippen molar-refractivity contribution in [2.75, 3.05) is 6.54 Å². The van der Waals surface area contributed by atoms with Crippen LogP contribution in [0.4, 0.5) is 0 Å². The number of rotatable bonds is 4. The van der Waals surface area contributed by atoms with E-state index >= 15 is 0 Å². The molecule has 0 atom stereocenters. The molecule has 0 bridgehead atoms. The molecule has 0 aromatic heterocycles. The molecule has 1 fully saturated rings. The van der Waals surface area contributed by atoms with Gasteiger partial charge in [0, 0.05) is 12.5 Å². The number of nitrogens with zero attached hydrogens (tertiary/aromatic N) is 2. The molecule has 108 valence electrons. The normalized spacial score (nSPS) is 28.5. The van der Waals surface area contributed by atoms with Gasteiger partial charge in [0.15, 0.2) is 5.76 Å². The van der Waals surface area contributed by atoms with Crippen molar-refractivity contribution in [1.29, 1.82) is 0 Å². The van der Waals surface area contributed by atoms with Crippen LogP contribution in [0.2, 0.25) is 0 Å². The molecular formula is C15H26N2O2. The third kappa shape index (κ3) is 3.43. The van der Waals surface area contributed by atoms with Gasteiger partial charge in [0.05, 0.1) is 6.54 Å². The smallest absolute Gasteiger partial charge is 0.253 e. The molecule has 0 aromatic carbocycles. The zero-order valence-corrected chi connectivity index (χ0v) is 12.1. The summed E-state index contributed by atoms with van der Waals surface area (Å²) in [6, 6.07) is 0.474. The van der Waals surface area contributed by atoms with Gasteiger partial charge in [-0.1, -0.05) is 20.3 Å². The summed E-state index contributed by atoms with van der Waals surface area (Å²) in [6.45, 7) is 4.89. The molecule has 1 aliphatic carbocycles. The molecule has 0 unspecified atom stereocenters. The Morgan fingerprint density at radius 2 is 1.89 bits per heavy atom. The maximum Gasteiger partial charge on any atom is 0.253 e. The van der Waals surface area contributed by atoms with Gasteiger partial charge in [0.2, 0.25) is 0 Å². The van der Waals surface area contributed by atoms with E-state index in [-0.39, 0.29) is 11.6 Å². The van der Waals surface area contributed by atoms with Crippen molar-refractivity contribution in [3.63, 3.8) is 0 Å². The summed E-state index contributed by atoms with van der Waals surface area (Å²) in [4.78, 5) is 6.42. The monoisotopic (exact) mass is 266 g/mol. The minimum atomic E-state index is -0.188. The summed E-state index contributed by atoms with van der Waals surface area (Å²) in [5, 5.41) is 19.4. The molecule has 0 amide bonds. The molecule has 1 heterocycles. The summed E-state index contributed by atoms with van der Waals surface area (Å²) in [5.41, 5.74) is 0. The number of aliphatic hydroxyl groups excluding tert-OH is 2. The van der Waals surface area contributed by atoms with Crippen molar-refractivity contribution < 1.29 is 10.2 Å². The molecule has 0 radical (unpaired) electrons. The summed E-state index contributed by atoms with van der Waals surface area (Å²) in [7, 11) is 0. The quantitative estimate of drug-likeness (QED) is 0.814. The highest BCUT2D eigenvalue weighted by atomic mass is 16.3. The molecule has 0 saturated heterocycles. The van der Waals surface area contributed by atoms with Crippen molar-refractivity contribution in [3.8, 4) is 0 Å². The Morgan fingerprint density at radius 1 is 1.21 bits per heavy atom. The van der Waals surface area contributed by atoms with E-state index in [1.165, 1.54) is 25.7 Å². The molecule has 19 heavy (non-hydrogen) atoms. The van der Waals surface area contributed by atoms with Crippen molar-refractivity contribution in [2.24, 2.45) is 10.9 Å². The Balaban J connectivity index is 2.07. The molecule has 0 spiro atoms. The van der Waals surface area contributed by atoms with Crippen molar-refractivity contribution in [3.05, 3.63) is 11.6 Å². The van der Waals surface area contributed by atoms with Crippen LogP contribution in [0.15, 0.2) is 16.6 Å². The Bertz CT molecular complexity index is 368. The van der Waals surface area contributed by atoms with Crippen LogP contribution >= 0.6 is 0 Å². The molecule has 1 saturated carbocycles. The van der Waals surface area contributed by atoms with Gasteiger partial charge in [-0.3, -0.25) is 0 Å². The van der Waals surface area contributed by atoms with Crippen LogP contribution in [0.25, 0.3) is 0 Å². The van der Waals surface area contributed by atoms with E-state index in [9.17, 15) is 10.2 Å². The lowest BCUT2D eigenvalue weighted by Gasteiger charge is -2.39. The van der Waals surface area contributed by atoms with Gasteiger partial charge >= 0.3 is 0 Å². The topological polar surface area (TPSA) is 56.1 Å². The predicted octanol–water partition coefficient (Wildman–Crippen LogP) is 3.75. The van der Waals surface area contributed by atoms with Gasteiger partial charge in [-0.25, -0.2) is 0 Å². The zero-order chi connectivity index (χ0) is 13.8. The fraction of sp³-hybridized carbons (Fsp3) is 0.800. The lowest BCUT2D eigenvalue weighted by atomic mass is 9.86. The van der Waals surface area contributed by atoms with Crippen LogP contribution in [0.1, 0.15) is 58.8 Å². The molecule has 2 rings (SSSR count).